The molecule has 2 heterocycles. The summed E-state index contributed by atoms with van der Waals surface area (Å²) < 4.78 is 10.2. The summed E-state index contributed by atoms with van der Waals surface area (Å²) in [4.78, 5) is 20.0. The molecule has 182 valence electrons. The van der Waals surface area contributed by atoms with Gasteiger partial charge >= 0.3 is 0 Å². The number of rotatable bonds is 8. The molecule has 1 aliphatic carbocycles. The number of hydrogen-bond donors (Lipinski definition) is 4. The summed E-state index contributed by atoms with van der Waals surface area (Å²) in [5.41, 5.74) is 2.45. The minimum Gasteiger partial charge on any atom is -0.497 e. The number of methoxy groups -OCH3 is 2. The van der Waals surface area contributed by atoms with Gasteiger partial charge in [-0.1, -0.05) is 12.1 Å². The van der Waals surface area contributed by atoms with Gasteiger partial charge in [0, 0.05) is 30.0 Å². The molecule has 0 radical (unpaired) electrons. The molecule has 1 amide bonds. The Balaban J connectivity index is 0.000000179. The maximum Gasteiger partial charge on any atom is 0.257 e. The van der Waals surface area contributed by atoms with E-state index in [1.807, 2.05) is 48.5 Å². The predicted octanol–water partition coefficient (Wildman–Crippen LogP) is 3.68. The standard InChI is InChI=1S/C14H15N5O2.C11H13NO2/c1-21-14-13(16-9(6-7-20)8-15-14)17-12-10-4-2-3-5-11(10)18-19-12;1-14-10-6-4-9(5-7-10)12-11(13)8-2-3-8/h2-5,8,20H,6-7H2,1H3,(H2,16,17,18,19);4-8H,2-3H2,1H3,(H,12,13). The molecular formula is C25H28N6O4. The number of aliphatic hydroxyl groups excluding tert-OH is 1. The van der Waals surface area contributed by atoms with Crippen LogP contribution >= 0.6 is 0 Å². The molecule has 4 aromatic rings. The summed E-state index contributed by atoms with van der Waals surface area (Å²) >= 11 is 0. The Bertz CT molecular complexity index is 1270. The van der Waals surface area contributed by atoms with Gasteiger partial charge in [0.15, 0.2) is 11.6 Å². The Hall–Kier alpha value is -4.18. The van der Waals surface area contributed by atoms with Gasteiger partial charge in [0.05, 0.1) is 31.6 Å². The molecule has 0 bridgehead atoms. The van der Waals surface area contributed by atoms with Crippen molar-refractivity contribution >= 4 is 34.1 Å². The number of fused-ring (bicyclic) bond motifs is 1. The first-order chi connectivity index (χ1) is 17.1. The van der Waals surface area contributed by atoms with E-state index in [9.17, 15) is 4.79 Å². The summed E-state index contributed by atoms with van der Waals surface area (Å²) in [5, 5.41) is 23.1. The van der Waals surface area contributed by atoms with E-state index in [0.29, 0.717) is 29.6 Å². The van der Waals surface area contributed by atoms with E-state index in [2.05, 4.69) is 30.8 Å². The summed E-state index contributed by atoms with van der Waals surface area (Å²) in [6, 6.07) is 15.1. The molecule has 0 saturated heterocycles. The monoisotopic (exact) mass is 476 g/mol. The van der Waals surface area contributed by atoms with Crippen LogP contribution in [0.15, 0.2) is 54.7 Å². The molecule has 0 spiro atoms. The molecule has 0 aliphatic heterocycles. The third-order valence-electron chi connectivity index (χ3n) is 5.36. The lowest BCUT2D eigenvalue weighted by atomic mass is 10.2. The highest BCUT2D eigenvalue weighted by Gasteiger charge is 2.29. The molecule has 1 saturated carbocycles. The number of carbonyl (C=O) groups excluding carboxylic acids is 1. The Kier molecular flexibility index (Phi) is 7.74. The van der Waals surface area contributed by atoms with Crippen LogP contribution in [-0.2, 0) is 11.2 Å². The number of ether oxygens (including phenoxy) is 2. The van der Waals surface area contributed by atoms with E-state index in [1.165, 1.54) is 7.11 Å². The highest BCUT2D eigenvalue weighted by atomic mass is 16.5. The minimum absolute atomic E-state index is 0.0196. The molecule has 0 unspecified atom stereocenters. The Labute approximate surface area is 202 Å². The molecule has 4 N–H and O–H groups in total. The van der Waals surface area contributed by atoms with Gasteiger partial charge in [0.1, 0.15) is 5.75 Å². The number of anilines is 3. The number of aromatic nitrogens is 4. The first-order valence-electron chi connectivity index (χ1n) is 11.3. The lowest BCUT2D eigenvalue weighted by Gasteiger charge is -2.09. The van der Waals surface area contributed by atoms with Gasteiger partial charge in [-0.3, -0.25) is 9.89 Å². The number of H-pyrrole nitrogens is 1. The van der Waals surface area contributed by atoms with Gasteiger partial charge in [0.2, 0.25) is 5.91 Å². The first-order valence-corrected chi connectivity index (χ1v) is 11.3. The van der Waals surface area contributed by atoms with Gasteiger partial charge in [-0.25, -0.2) is 9.97 Å². The number of nitrogens with one attached hydrogen (secondary N) is 3. The maximum absolute atomic E-state index is 11.4. The van der Waals surface area contributed by atoms with E-state index in [0.717, 1.165) is 35.2 Å². The smallest absolute Gasteiger partial charge is 0.257 e. The molecule has 2 aromatic carbocycles. The number of aliphatic hydroxyl groups is 1. The van der Waals surface area contributed by atoms with Crippen molar-refractivity contribution < 1.29 is 19.4 Å². The number of para-hydroxylation sites is 1. The van der Waals surface area contributed by atoms with Crippen LogP contribution in [0.2, 0.25) is 0 Å². The summed E-state index contributed by atoms with van der Waals surface area (Å²) in [6.45, 7) is 0.0196. The largest absolute Gasteiger partial charge is 0.497 e. The van der Waals surface area contributed by atoms with Crippen molar-refractivity contribution in [1.82, 2.24) is 20.2 Å². The predicted molar refractivity (Wildman–Crippen MR) is 133 cm³/mol. The second-order valence-corrected chi connectivity index (χ2v) is 7.93. The molecule has 2 aromatic heterocycles. The number of carbonyl (C=O) groups is 1. The molecule has 1 fully saturated rings. The van der Waals surface area contributed by atoms with E-state index in [4.69, 9.17) is 14.6 Å². The van der Waals surface area contributed by atoms with E-state index in [-0.39, 0.29) is 18.4 Å². The van der Waals surface area contributed by atoms with Crippen LogP contribution in [0.1, 0.15) is 18.5 Å². The molecular weight excluding hydrogens is 448 g/mol. The topological polar surface area (TPSA) is 134 Å². The van der Waals surface area contributed by atoms with Crippen molar-refractivity contribution in [2.24, 2.45) is 5.92 Å². The van der Waals surface area contributed by atoms with Crippen LogP contribution < -0.4 is 20.1 Å². The van der Waals surface area contributed by atoms with E-state index < -0.39 is 0 Å². The van der Waals surface area contributed by atoms with Gasteiger partial charge in [0.25, 0.3) is 5.88 Å². The number of nitrogens with zero attached hydrogens (tertiary/aromatic N) is 3. The maximum atomic E-state index is 11.4. The summed E-state index contributed by atoms with van der Waals surface area (Å²) in [7, 11) is 3.15. The van der Waals surface area contributed by atoms with Crippen molar-refractivity contribution in [1.29, 1.82) is 0 Å². The van der Waals surface area contributed by atoms with E-state index >= 15 is 0 Å². The first kappa shape index (κ1) is 24.0. The fourth-order valence-corrected chi connectivity index (χ4v) is 3.32. The van der Waals surface area contributed by atoms with Crippen LogP contribution in [0.3, 0.4) is 0 Å². The molecule has 10 nitrogen and oxygen atoms in total. The highest BCUT2D eigenvalue weighted by molar-refractivity contribution is 5.94. The van der Waals surface area contributed by atoms with Crippen molar-refractivity contribution in [3.05, 3.63) is 60.4 Å². The average molecular weight is 477 g/mol. The van der Waals surface area contributed by atoms with Crippen molar-refractivity contribution in [3.63, 3.8) is 0 Å². The van der Waals surface area contributed by atoms with Gasteiger partial charge < -0.3 is 25.2 Å². The average Bonchev–Trinajstić information content (AvgIpc) is 3.67. The van der Waals surface area contributed by atoms with Crippen LogP contribution in [0.5, 0.6) is 11.6 Å². The Morgan fingerprint density at radius 3 is 2.54 bits per heavy atom. The van der Waals surface area contributed by atoms with Crippen LogP contribution in [0, 0.1) is 5.92 Å². The molecule has 1 aliphatic rings. The zero-order valence-electron chi connectivity index (χ0n) is 19.6. The lowest BCUT2D eigenvalue weighted by Crippen LogP contribution is -2.12. The molecule has 0 atom stereocenters. The SMILES string of the molecule is COc1ccc(NC(=O)C2CC2)cc1.COc1ncc(CCO)nc1Nc1n[nH]c2ccccc12. The second kappa shape index (κ2) is 11.3. The molecule has 10 heteroatoms. The zero-order chi connectivity index (χ0) is 24.6. The quantitative estimate of drug-likeness (QED) is 0.303. The van der Waals surface area contributed by atoms with Crippen molar-refractivity contribution in [3.8, 4) is 11.6 Å². The van der Waals surface area contributed by atoms with Gasteiger partial charge in [-0.15, -0.1) is 0 Å². The summed E-state index contributed by atoms with van der Waals surface area (Å²) in [5.74, 6) is 2.69. The number of aromatic amines is 1. The molecule has 5 rings (SSSR count). The van der Waals surface area contributed by atoms with Crippen molar-refractivity contribution in [2.75, 3.05) is 31.5 Å². The number of benzene rings is 2. The van der Waals surface area contributed by atoms with Gasteiger partial charge in [-0.2, -0.15) is 5.10 Å². The Morgan fingerprint density at radius 1 is 1.09 bits per heavy atom. The van der Waals surface area contributed by atoms with E-state index in [1.54, 1.807) is 13.3 Å². The normalized spacial score (nSPS) is 12.4. The zero-order valence-corrected chi connectivity index (χ0v) is 19.6. The van der Waals surface area contributed by atoms with Crippen molar-refractivity contribution in [2.45, 2.75) is 19.3 Å². The van der Waals surface area contributed by atoms with Gasteiger partial charge in [-0.05, 0) is 49.2 Å². The fraction of sp³-hybridized carbons (Fsp3) is 0.280. The number of amides is 1. The lowest BCUT2D eigenvalue weighted by molar-refractivity contribution is -0.117. The second-order valence-electron chi connectivity index (χ2n) is 7.93. The van der Waals surface area contributed by atoms with Crippen LogP contribution in [-0.4, -0.2) is 52.0 Å². The molecule has 35 heavy (non-hydrogen) atoms. The minimum atomic E-state index is 0.0196. The fourth-order valence-electron chi connectivity index (χ4n) is 3.32. The highest BCUT2D eigenvalue weighted by Crippen LogP contribution is 2.30. The third kappa shape index (κ3) is 6.24. The summed E-state index contributed by atoms with van der Waals surface area (Å²) in [6.07, 6.45) is 4.08. The third-order valence-corrected chi connectivity index (χ3v) is 5.36. The Morgan fingerprint density at radius 2 is 1.86 bits per heavy atom. The van der Waals surface area contributed by atoms with Crippen LogP contribution in [0.25, 0.3) is 10.9 Å². The number of hydrogen-bond acceptors (Lipinski definition) is 8. The van der Waals surface area contributed by atoms with Crippen LogP contribution in [0.4, 0.5) is 17.3 Å².